The van der Waals surface area contributed by atoms with Crippen molar-refractivity contribution in [1.29, 1.82) is 0 Å². The summed E-state index contributed by atoms with van der Waals surface area (Å²) in [6, 6.07) is 18.9. The zero-order chi connectivity index (χ0) is 15.8. The standard InChI is InChI=1S/C18H10ClNO2S/c19-14-9-5-4-8-12(14)16-20-17-13(18(21)22-16)10-15(23-17)11-6-2-1-3-7-11/h1-10H. The van der Waals surface area contributed by atoms with Gasteiger partial charge in [-0.05, 0) is 23.8 Å². The number of rotatable bonds is 2. The van der Waals surface area contributed by atoms with Gasteiger partial charge in [0.2, 0.25) is 5.89 Å². The Hall–Kier alpha value is -2.43. The topological polar surface area (TPSA) is 43.1 Å². The fourth-order valence-corrected chi connectivity index (χ4v) is 3.60. The Labute approximate surface area is 140 Å². The minimum atomic E-state index is -0.400. The molecule has 4 rings (SSSR count). The average Bonchev–Trinajstić information content (AvgIpc) is 3.01. The Balaban J connectivity index is 1.92. The van der Waals surface area contributed by atoms with Crippen molar-refractivity contribution in [2.75, 3.05) is 0 Å². The number of benzene rings is 2. The van der Waals surface area contributed by atoms with Gasteiger partial charge in [-0.25, -0.2) is 9.78 Å². The quantitative estimate of drug-likeness (QED) is 0.501. The molecule has 2 aromatic carbocycles. The summed E-state index contributed by atoms with van der Waals surface area (Å²) in [5.41, 5.74) is 1.26. The molecular formula is C18H10ClNO2S. The third-order valence-corrected chi connectivity index (χ3v) is 4.90. The number of halogens is 1. The predicted octanol–water partition coefficient (Wildman–Crippen LogP) is 5.24. The molecule has 0 saturated heterocycles. The molecule has 0 N–H and O–H groups in total. The van der Waals surface area contributed by atoms with Gasteiger partial charge in [0.1, 0.15) is 4.83 Å². The molecule has 5 heteroatoms. The number of thiophene rings is 1. The highest BCUT2D eigenvalue weighted by Crippen LogP contribution is 2.33. The Morgan fingerprint density at radius 2 is 1.74 bits per heavy atom. The van der Waals surface area contributed by atoms with Crippen LogP contribution in [0.25, 0.3) is 32.1 Å². The fourth-order valence-electron chi connectivity index (χ4n) is 2.36. The Morgan fingerprint density at radius 1 is 1.00 bits per heavy atom. The maximum atomic E-state index is 12.3. The molecule has 0 unspecified atom stereocenters. The molecule has 0 aliphatic rings. The van der Waals surface area contributed by atoms with Crippen LogP contribution in [0, 0.1) is 0 Å². The lowest BCUT2D eigenvalue weighted by atomic mass is 10.2. The summed E-state index contributed by atoms with van der Waals surface area (Å²) in [7, 11) is 0. The molecule has 0 aliphatic heterocycles. The minimum absolute atomic E-state index is 0.245. The molecule has 4 aromatic rings. The van der Waals surface area contributed by atoms with E-state index >= 15 is 0 Å². The first kappa shape index (κ1) is 14.2. The third kappa shape index (κ3) is 2.56. The number of hydrogen-bond donors (Lipinski definition) is 0. The SMILES string of the molecule is O=c1oc(-c2ccccc2Cl)nc2sc(-c3ccccc3)cc12. The molecule has 0 radical (unpaired) electrons. The van der Waals surface area contributed by atoms with Crippen LogP contribution in [0.1, 0.15) is 0 Å². The van der Waals surface area contributed by atoms with E-state index in [1.807, 2.05) is 48.5 Å². The van der Waals surface area contributed by atoms with Crippen LogP contribution in [0.2, 0.25) is 5.02 Å². The van der Waals surface area contributed by atoms with Gasteiger partial charge in [0.25, 0.3) is 0 Å². The lowest BCUT2D eigenvalue weighted by Gasteiger charge is -2.01. The maximum Gasteiger partial charge on any atom is 0.348 e. The van der Waals surface area contributed by atoms with E-state index < -0.39 is 5.63 Å². The zero-order valence-electron chi connectivity index (χ0n) is 11.8. The number of hydrogen-bond acceptors (Lipinski definition) is 4. The van der Waals surface area contributed by atoms with Crippen LogP contribution in [0.3, 0.4) is 0 Å². The molecule has 112 valence electrons. The summed E-state index contributed by atoms with van der Waals surface area (Å²) >= 11 is 7.63. The minimum Gasteiger partial charge on any atom is -0.403 e. The smallest absolute Gasteiger partial charge is 0.348 e. The van der Waals surface area contributed by atoms with Gasteiger partial charge < -0.3 is 4.42 Å². The lowest BCUT2D eigenvalue weighted by molar-refractivity contribution is 0.519. The van der Waals surface area contributed by atoms with Crippen molar-refractivity contribution >= 4 is 33.2 Å². The largest absolute Gasteiger partial charge is 0.403 e. The number of nitrogens with zero attached hydrogens (tertiary/aromatic N) is 1. The van der Waals surface area contributed by atoms with E-state index in [1.165, 1.54) is 11.3 Å². The van der Waals surface area contributed by atoms with Crippen molar-refractivity contribution in [3.05, 3.63) is 76.1 Å². The first-order valence-corrected chi connectivity index (χ1v) is 8.17. The second-order valence-electron chi connectivity index (χ2n) is 4.98. The number of fused-ring (bicyclic) bond motifs is 1. The van der Waals surface area contributed by atoms with Crippen LogP contribution in [0.5, 0.6) is 0 Å². The van der Waals surface area contributed by atoms with Gasteiger partial charge in [0, 0.05) is 4.88 Å². The fraction of sp³-hybridized carbons (Fsp3) is 0. The predicted molar refractivity (Wildman–Crippen MR) is 94.0 cm³/mol. The van der Waals surface area contributed by atoms with Crippen molar-refractivity contribution in [2.45, 2.75) is 0 Å². The van der Waals surface area contributed by atoms with Gasteiger partial charge in [-0.1, -0.05) is 54.1 Å². The van der Waals surface area contributed by atoms with E-state index in [2.05, 4.69) is 4.98 Å². The van der Waals surface area contributed by atoms with Crippen molar-refractivity contribution in [2.24, 2.45) is 0 Å². The van der Waals surface area contributed by atoms with Gasteiger partial charge in [-0.15, -0.1) is 11.3 Å². The molecule has 2 aromatic heterocycles. The first-order valence-electron chi connectivity index (χ1n) is 6.97. The normalized spacial score (nSPS) is 11.0. The third-order valence-electron chi connectivity index (χ3n) is 3.49. The van der Waals surface area contributed by atoms with E-state index in [9.17, 15) is 4.79 Å². The maximum absolute atomic E-state index is 12.3. The van der Waals surface area contributed by atoms with Crippen molar-refractivity contribution in [1.82, 2.24) is 4.98 Å². The van der Waals surface area contributed by atoms with E-state index in [1.54, 1.807) is 12.1 Å². The summed E-state index contributed by atoms with van der Waals surface area (Å²) in [5, 5.41) is 0.993. The average molecular weight is 340 g/mol. The highest BCUT2D eigenvalue weighted by atomic mass is 35.5. The van der Waals surface area contributed by atoms with Crippen molar-refractivity contribution in [3.8, 4) is 21.9 Å². The molecule has 3 nitrogen and oxygen atoms in total. The molecule has 0 bridgehead atoms. The van der Waals surface area contributed by atoms with Crippen LogP contribution in [-0.2, 0) is 0 Å². The van der Waals surface area contributed by atoms with Crippen LogP contribution >= 0.6 is 22.9 Å². The summed E-state index contributed by atoms with van der Waals surface area (Å²) in [5.74, 6) is 0.245. The van der Waals surface area contributed by atoms with Gasteiger partial charge in [-0.3, -0.25) is 0 Å². The monoisotopic (exact) mass is 339 g/mol. The highest BCUT2D eigenvalue weighted by Gasteiger charge is 2.14. The molecule has 0 saturated carbocycles. The molecule has 0 spiro atoms. The Kier molecular flexibility index (Phi) is 3.48. The second-order valence-corrected chi connectivity index (χ2v) is 6.42. The summed E-state index contributed by atoms with van der Waals surface area (Å²) < 4.78 is 5.36. The van der Waals surface area contributed by atoms with Crippen LogP contribution in [-0.4, -0.2) is 4.98 Å². The highest BCUT2D eigenvalue weighted by molar-refractivity contribution is 7.21. The van der Waals surface area contributed by atoms with E-state index in [0.29, 0.717) is 20.8 Å². The van der Waals surface area contributed by atoms with Gasteiger partial charge in [0.15, 0.2) is 0 Å². The van der Waals surface area contributed by atoms with Crippen LogP contribution in [0.4, 0.5) is 0 Å². The zero-order valence-corrected chi connectivity index (χ0v) is 13.4. The molecule has 2 heterocycles. The van der Waals surface area contributed by atoms with E-state index in [4.69, 9.17) is 16.0 Å². The lowest BCUT2D eigenvalue weighted by Crippen LogP contribution is -2.00. The summed E-state index contributed by atoms with van der Waals surface area (Å²) in [6.45, 7) is 0. The molecule has 0 atom stereocenters. The van der Waals surface area contributed by atoms with Crippen LogP contribution in [0.15, 0.2) is 69.9 Å². The Bertz CT molecular complexity index is 1050. The number of aromatic nitrogens is 1. The van der Waals surface area contributed by atoms with Gasteiger partial charge in [-0.2, -0.15) is 0 Å². The molecule has 0 aliphatic carbocycles. The van der Waals surface area contributed by atoms with Crippen molar-refractivity contribution in [3.63, 3.8) is 0 Å². The van der Waals surface area contributed by atoms with Crippen molar-refractivity contribution < 1.29 is 4.42 Å². The Morgan fingerprint density at radius 3 is 2.52 bits per heavy atom. The molecule has 23 heavy (non-hydrogen) atoms. The van der Waals surface area contributed by atoms with Crippen LogP contribution < -0.4 is 5.63 Å². The molecule has 0 amide bonds. The first-order chi connectivity index (χ1) is 11.2. The van der Waals surface area contributed by atoms with E-state index in [-0.39, 0.29) is 5.89 Å². The van der Waals surface area contributed by atoms with Gasteiger partial charge in [0.05, 0.1) is 16.0 Å². The molecular weight excluding hydrogens is 330 g/mol. The second kappa shape index (κ2) is 5.65. The molecule has 0 fully saturated rings. The van der Waals surface area contributed by atoms with E-state index in [0.717, 1.165) is 10.4 Å². The summed E-state index contributed by atoms with van der Waals surface area (Å²) in [6.07, 6.45) is 0. The van der Waals surface area contributed by atoms with Gasteiger partial charge >= 0.3 is 5.63 Å². The summed E-state index contributed by atoms with van der Waals surface area (Å²) in [4.78, 5) is 18.4.